The van der Waals surface area contributed by atoms with Gasteiger partial charge in [-0.3, -0.25) is 4.79 Å². The smallest absolute Gasteiger partial charge is 0.417 e. The van der Waals surface area contributed by atoms with Gasteiger partial charge in [0, 0.05) is 0 Å². The molecule has 0 bridgehead atoms. The summed E-state index contributed by atoms with van der Waals surface area (Å²) in [5.74, 6) is 0.199. The van der Waals surface area contributed by atoms with Gasteiger partial charge in [-0.05, 0) is 51.0 Å². The van der Waals surface area contributed by atoms with Crippen LogP contribution >= 0.6 is 0 Å². The van der Waals surface area contributed by atoms with Crippen molar-refractivity contribution in [1.29, 1.82) is 0 Å². The number of imide groups is 1. The monoisotopic (exact) mass is 367 g/mol. The lowest BCUT2D eigenvalue weighted by molar-refractivity contribution is -0.163. The minimum absolute atomic E-state index is 0.345. The van der Waals surface area contributed by atoms with Gasteiger partial charge in [0.15, 0.2) is 14.4 Å². The molecular weight excluding hydrogens is 338 g/mol. The van der Waals surface area contributed by atoms with Gasteiger partial charge in [-0.1, -0.05) is 20.8 Å². The topological polar surface area (TPSA) is 69.0 Å². The molecule has 1 aromatic rings. The van der Waals surface area contributed by atoms with E-state index >= 15 is 0 Å². The van der Waals surface area contributed by atoms with Gasteiger partial charge in [0.05, 0.1) is 6.26 Å². The highest BCUT2D eigenvalue weighted by atomic mass is 28.4. The molecule has 0 aromatic carbocycles. The first-order chi connectivity index (χ1) is 11.7. The zero-order valence-electron chi connectivity index (χ0n) is 16.0. The van der Waals surface area contributed by atoms with Crippen LogP contribution < -0.4 is 0 Å². The van der Waals surface area contributed by atoms with Crippen molar-refractivity contribution in [2.45, 2.75) is 77.4 Å². The van der Waals surface area contributed by atoms with E-state index in [2.05, 4.69) is 20.8 Å². The van der Waals surface area contributed by atoms with Crippen molar-refractivity contribution < 1.29 is 23.2 Å². The van der Waals surface area contributed by atoms with E-state index in [0.717, 1.165) is 23.0 Å². The fraction of sp³-hybridized carbons (Fsp3) is 0.667. The van der Waals surface area contributed by atoms with Gasteiger partial charge in [0.1, 0.15) is 17.4 Å². The maximum Gasteiger partial charge on any atom is 0.417 e. The second-order valence-electron chi connectivity index (χ2n) is 7.43. The Kier molecular flexibility index (Phi) is 5.78. The van der Waals surface area contributed by atoms with E-state index in [1.807, 2.05) is 0 Å². The Bertz CT molecular complexity index is 595. The van der Waals surface area contributed by atoms with Gasteiger partial charge in [0.2, 0.25) is 0 Å². The molecule has 7 heteroatoms. The molecule has 1 aliphatic rings. The van der Waals surface area contributed by atoms with Crippen LogP contribution in [0.1, 0.15) is 53.3 Å². The first-order valence-corrected chi connectivity index (χ1v) is 11.5. The summed E-state index contributed by atoms with van der Waals surface area (Å²) in [6.45, 7) is 11.6. The van der Waals surface area contributed by atoms with Crippen molar-refractivity contribution in [3.05, 3.63) is 24.2 Å². The molecule has 6 nitrogen and oxygen atoms in total. The van der Waals surface area contributed by atoms with Gasteiger partial charge in [-0.25, -0.2) is 9.69 Å². The summed E-state index contributed by atoms with van der Waals surface area (Å²) in [5, 5.41) is 0. The van der Waals surface area contributed by atoms with Crippen molar-refractivity contribution in [2.75, 3.05) is 0 Å². The number of likely N-dealkylation sites (tertiary alicyclic amines) is 1. The van der Waals surface area contributed by atoms with Crippen LogP contribution in [-0.2, 0) is 14.0 Å². The van der Waals surface area contributed by atoms with Crippen molar-refractivity contribution in [1.82, 2.24) is 4.90 Å². The highest BCUT2D eigenvalue weighted by molar-refractivity contribution is 6.73. The fourth-order valence-electron chi connectivity index (χ4n) is 3.10. The number of β-lactam (4-membered cyclic amide) rings is 1. The number of nitrogens with zero attached hydrogens (tertiary/aromatic N) is 1. The third-order valence-electron chi connectivity index (χ3n) is 4.78. The molecule has 0 aliphatic carbocycles. The second-order valence-corrected chi connectivity index (χ2v) is 12.2. The molecule has 25 heavy (non-hydrogen) atoms. The Morgan fingerprint density at radius 3 is 2.28 bits per heavy atom. The Morgan fingerprint density at radius 2 is 1.84 bits per heavy atom. The van der Waals surface area contributed by atoms with Crippen LogP contribution in [0.15, 0.2) is 22.8 Å². The summed E-state index contributed by atoms with van der Waals surface area (Å²) in [6.07, 6.45) is 0.202. The van der Waals surface area contributed by atoms with Crippen LogP contribution in [0.5, 0.6) is 0 Å². The Labute approximate surface area is 150 Å². The lowest BCUT2D eigenvalue weighted by Gasteiger charge is -2.47. The van der Waals surface area contributed by atoms with E-state index in [0.29, 0.717) is 5.76 Å². The highest BCUT2D eigenvalue weighted by Gasteiger charge is 2.57. The number of furan rings is 1. The van der Waals surface area contributed by atoms with E-state index in [-0.39, 0.29) is 5.91 Å². The van der Waals surface area contributed by atoms with Crippen LogP contribution in [0.2, 0.25) is 18.1 Å². The third-order valence-corrected chi connectivity index (χ3v) is 9.40. The Hall–Kier alpha value is -1.60. The maximum atomic E-state index is 12.7. The summed E-state index contributed by atoms with van der Waals surface area (Å²) in [5.41, 5.74) is -0.675. The van der Waals surface area contributed by atoms with Crippen LogP contribution in [0.4, 0.5) is 4.79 Å². The number of ether oxygens (including phenoxy) is 1. The van der Waals surface area contributed by atoms with E-state index < -0.39 is 32.2 Å². The molecule has 0 radical (unpaired) electrons. The molecule has 1 fully saturated rings. The summed E-state index contributed by atoms with van der Waals surface area (Å²) in [4.78, 5) is 26.3. The zero-order valence-corrected chi connectivity index (χ0v) is 17.0. The van der Waals surface area contributed by atoms with Gasteiger partial charge in [0.25, 0.3) is 5.91 Å². The number of carbonyl (C=O) groups is 2. The van der Waals surface area contributed by atoms with Crippen LogP contribution in [0.25, 0.3) is 0 Å². The van der Waals surface area contributed by atoms with Crippen molar-refractivity contribution in [2.24, 2.45) is 0 Å². The lowest BCUT2D eigenvalue weighted by Crippen LogP contribution is -2.65. The predicted octanol–water partition coefficient (Wildman–Crippen LogP) is 4.49. The summed E-state index contributed by atoms with van der Waals surface area (Å²) < 4.78 is 17.2. The molecule has 2 heterocycles. The number of rotatable bonds is 6. The molecule has 1 aromatic heterocycles. The average Bonchev–Trinajstić information content (AvgIpc) is 3.05. The predicted molar refractivity (Wildman–Crippen MR) is 96.6 cm³/mol. The number of amides is 2. The molecule has 0 N–H and O–H groups in total. The first kappa shape index (κ1) is 19.7. The molecule has 1 saturated heterocycles. The SMILES string of the molecule is CC[Si](CC)(CC)O[C@H]1C(=O)N(C(=O)OC(C)(C)C)C1c1ccco1. The normalized spacial score (nSPS) is 21.2. The number of hydrogen-bond acceptors (Lipinski definition) is 5. The minimum Gasteiger partial charge on any atom is -0.467 e. The molecule has 2 atom stereocenters. The first-order valence-electron chi connectivity index (χ1n) is 8.95. The largest absolute Gasteiger partial charge is 0.467 e. The van der Waals surface area contributed by atoms with Crippen molar-refractivity contribution >= 4 is 20.3 Å². The highest BCUT2D eigenvalue weighted by Crippen LogP contribution is 2.41. The third kappa shape index (κ3) is 3.98. The van der Waals surface area contributed by atoms with E-state index in [1.54, 1.807) is 32.9 Å². The van der Waals surface area contributed by atoms with Crippen LogP contribution in [0, 0.1) is 0 Å². The number of carbonyl (C=O) groups excluding carboxylic acids is 2. The molecule has 2 amide bonds. The standard InChI is InChI=1S/C18H29NO5Si/c1-7-25(8-2,9-3)24-15-14(13-11-10-12-22-13)19(16(15)20)17(21)23-18(4,5)6/h10-12,14-15H,7-9H2,1-6H3/t14?,15-/m1/s1. The Morgan fingerprint density at radius 1 is 1.24 bits per heavy atom. The minimum atomic E-state index is -2.00. The van der Waals surface area contributed by atoms with Gasteiger partial charge < -0.3 is 13.6 Å². The molecular formula is C18H29NO5Si. The maximum absolute atomic E-state index is 12.7. The molecule has 1 aliphatic heterocycles. The second kappa shape index (κ2) is 7.33. The fourth-order valence-corrected chi connectivity index (χ4v) is 5.87. The number of hydrogen-bond donors (Lipinski definition) is 0. The van der Waals surface area contributed by atoms with Gasteiger partial charge in [-0.2, -0.15) is 0 Å². The molecule has 1 unspecified atom stereocenters. The zero-order chi connectivity index (χ0) is 18.8. The summed E-state index contributed by atoms with van der Waals surface area (Å²) >= 11 is 0. The van der Waals surface area contributed by atoms with E-state index in [1.165, 1.54) is 6.26 Å². The summed E-state index contributed by atoms with van der Waals surface area (Å²) in [7, 11) is -2.00. The quantitative estimate of drug-likeness (QED) is 0.547. The molecule has 2 rings (SSSR count). The van der Waals surface area contributed by atoms with Crippen LogP contribution in [-0.4, -0.2) is 36.9 Å². The Balaban J connectivity index is 2.27. The molecule has 0 saturated carbocycles. The summed E-state index contributed by atoms with van der Waals surface area (Å²) in [6, 6.07) is 5.74. The lowest BCUT2D eigenvalue weighted by atomic mass is 9.96. The van der Waals surface area contributed by atoms with Gasteiger partial charge in [-0.15, -0.1) is 0 Å². The van der Waals surface area contributed by atoms with Crippen molar-refractivity contribution in [3.63, 3.8) is 0 Å². The van der Waals surface area contributed by atoms with E-state index in [9.17, 15) is 9.59 Å². The van der Waals surface area contributed by atoms with Gasteiger partial charge >= 0.3 is 6.09 Å². The average molecular weight is 368 g/mol. The van der Waals surface area contributed by atoms with E-state index in [4.69, 9.17) is 13.6 Å². The van der Waals surface area contributed by atoms with Crippen LogP contribution in [0.3, 0.4) is 0 Å². The molecule has 140 valence electrons. The van der Waals surface area contributed by atoms with Crippen molar-refractivity contribution in [3.8, 4) is 0 Å². The molecule has 0 spiro atoms.